The molecule has 0 atom stereocenters. The number of rotatable bonds is 13. The number of carboxylic acids is 3. The zero-order valence-electron chi connectivity index (χ0n) is 26.0. The van der Waals surface area contributed by atoms with Crippen LogP contribution in [0.2, 0.25) is 0 Å². The van der Waals surface area contributed by atoms with Crippen molar-refractivity contribution in [2.75, 3.05) is 90.0 Å². The van der Waals surface area contributed by atoms with Crippen molar-refractivity contribution in [3.05, 3.63) is 64.7 Å². The molecule has 1 radical (unpaired) electrons. The largest absolute Gasteiger partial charge is 3.00 e. The summed E-state index contributed by atoms with van der Waals surface area (Å²) in [4.78, 5) is 79.0. The fourth-order valence-corrected chi connectivity index (χ4v) is 4.90. The van der Waals surface area contributed by atoms with E-state index >= 15 is 0 Å². The molecule has 1 heterocycles. The predicted octanol–water partition coefficient (Wildman–Crippen LogP) is -2.66. The van der Waals surface area contributed by atoms with Crippen LogP contribution in [0.25, 0.3) is 0 Å². The first-order chi connectivity index (χ1) is 22.4. The molecule has 259 valence electrons. The summed E-state index contributed by atoms with van der Waals surface area (Å²) >= 11 is 0. The average Bonchev–Trinajstić information content (AvgIpc) is 3.01. The summed E-state index contributed by atoms with van der Waals surface area (Å²) in [5, 5.41) is 43.1. The van der Waals surface area contributed by atoms with Crippen LogP contribution in [0.5, 0.6) is 5.75 Å². The molecule has 2 aromatic rings. The first-order valence-electron chi connectivity index (χ1n) is 14.7. The number of ether oxygens (including phenoxy) is 1. The van der Waals surface area contributed by atoms with E-state index in [1.54, 1.807) is 49.9 Å². The van der Waals surface area contributed by atoms with Gasteiger partial charge in [0.25, 0.3) is 5.69 Å². The number of anilines is 1. The van der Waals surface area contributed by atoms with Crippen molar-refractivity contribution >= 4 is 41.2 Å². The van der Waals surface area contributed by atoms with Gasteiger partial charge in [-0.25, -0.2) is 4.79 Å². The van der Waals surface area contributed by atoms with Gasteiger partial charge in [-0.15, -0.1) is 0 Å². The number of carboxylic acid groups (broad SMARTS) is 3. The molecular weight excluding hydrogens is 778 g/mol. The molecule has 1 N–H and O–H groups in total. The van der Waals surface area contributed by atoms with Crippen LogP contribution in [0, 0.1) is 50.1 Å². The van der Waals surface area contributed by atoms with Crippen molar-refractivity contribution in [2.24, 2.45) is 0 Å². The third-order valence-corrected chi connectivity index (χ3v) is 7.29. The minimum absolute atomic E-state index is 0. The van der Waals surface area contributed by atoms with Crippen molar-refractivity contribution in [2.45, 2.75) is 0 Å². The SMILES string of the molecule is O=C([O-])CN1CCN(CC(=O)[O-])CCN(CC(=O)N(CC(=O)Oc2ccc([N+](=O)[O-])cc2)c2ccccc2)CCN(CC(=O)O)CC1.[Gd+3]. The summed E-state index contributed by atoms with van der Waals surface area (Å²) in [5.41, 5.74) is 0.207. The molecule has 0 aromatic heterocycles. The Morgan fingerprint density at radius 2 is 1.15 bits per heavy atom. The van der Waals surface area contributed by atoms with Crippen LogP contribution in [0.15, 0.2) is 54.6 Å². The predicted molar refractivity (Wildman–Crippen MR) is 161 cm³/mol. The van der Waals surface area contributed by atoms with E-state index in [9.17, 15) is 49.4 Å². The van der Waals surface area contributed by atoms with Crippen LogP contribution in [-0.4, -0.2) is 144 Å². The van der Waals surface area contributed by atoms with Gasteiger partial charge >= 0.3 is 51.9 Å². The molecule has 0 spiro atoms. The molecule has 0 aliphatic carbocycles. The van der Waals surface area contributed by atoms with Crippen LogP contribution < -0.4 is 19.8 Å². The number of carbonyl (C=O) groups is 5. The van der Waals surface area contributed by atoms with Gasteiger partial charge in [0, 0.05) is 83.3 Å². The number of amides is 1. The summed E-state index contributed by atoms with van der Waals surface area (Å²) in [5.74, 6) is -5.00. The van der Waals surface area contributed by atoms with Gasteiger partial charge < -0.3 is 34.5 Å². The summed E-state index contributed by atoms with van der Waals surface area (Å²) in [6.45, 7) is -0.497. The molecule has 1 fully saturated rings. The van der Waals surface area contributed by atoms with Crippen LogP contribution in [0.3, 0.4) is 0 Å². The molecule has 3 rings (SSSR count). The van der Waals surface area contributed by atoms with Gasteiger partial charge in [-0.3, -0.25) is 39.3 Å². The zero-order chi connectivity index (χ0) is 34.3. The molecule has 1 amide bonds. The molecule has 48 heavy (non-hydrogen) atoms. The van der Waals surface area contributed by atoms with Crippen molar-refractivity contribution in [3.63, 3.8) is 0 Å². The van der Waals surface area contributed by atoms with E-state index in [1.165, 1.54) is 29.2 Å². The van der Waals surface area contributed by atoms with Crippen LogP contribution in [-0.2, 0) is 24.0 Å². The van der Waals surface area contributed by atoms with Gasteiger partial charge in [0.05, 0.1) is 30.0 Å². The Bertz CT molecular complexity index is 1370. The Kier molecular flexibility index (Phi) is 17.4. The number of esters is 1. The molecule has 1 aliphatic heterocycles. The summed E-state index contributed by atoms with van der Waals surface area (Å²) in [7, 11) is 0. The number of hydrogen-bond donors (Lipinski definition) is 1. The maximum absolute atomic E-state index is 13.8. The third kappa shape index (κ3) is 14.6. The Morgan fingerprint density at radius 1 is 0.708 bits per heavy atom. The van der Waals surface area contributed by atoms with Crippen LogP contribution in [0.4, 0.5) is 11.4 Å². The average molecular weight is 814 g/mol. The summed E-state index contributed by atoms with van der Waals surface area (Å²) in [6.07, 6.45) is 0. The Hall–Kier alpha value is -3.65. The zero-order valence-corrected chi connectivity index (χ0v) is 28.2. The molecular formula is C30H36GdN6O11+. The maximum Gasteiger partial charge on any atom is 3.00 e. The quantitative estimate of drug-likeness (QED) is 0.0945. The Morgan fingerprint density at radius 3 is 1.56 bits per heavy atom. The van der Waals surface area contributed by atoms with Gasteiger partial charge in [0.1, 0.15) is 12.3 Å². The molecule has 17 nitrogen and oxygen atoms in total. The van der Waals surface area contributed by atoms with Gasteiger partial charge in [-0.1, -0.05) is 18.2 Å². The first kappa shape index (κ1) is 40.5. The van der Waals surface area contributed by atoms with Crippen molar-refractivity contribution in [1.82, 2.24) is 19.6 Å². The second-order valence-corrected chi connectivity index (χ2v) is 10.8. The third-order valence-electron chi connectivity index (χ3n) is 7.29. The van der Waals surface area contributed by atoms with Gasteiger partial charge in [0.15, 0.2) is 0 Å². The number of aliphatic carboxylic acids is 3. The smallest absolute Gasteiger partial charge is 0.549 e. The normalized spacial score (nSPS) is 15.6. The van der Waals surface area contributed by atoms with Gasteiger partial charge in [-0.2, -0.15) is 0 Å². The van der Waals surface area contributed by atoms with Crippen LogP contribution in [0.1, 0.15) is 0 Å². The molecule has 2 aromatic carbocycles. The summed E-state index contributed by atoms with van der Waals surface area (Å²) < 4.78 is 5.32. The topological polar surface area (TPSA) is 220 Å². The maximum atomic E-state index is 13.8. The fourth-order valence-electron chi connectivity index (χ4n) is 4.90. The second-order valence-electron chi connectivity index (χ2n) is 10.8. The number of benzene rings is 2. The van der Waals surface area contributed by atoms with E-state index in [0.29, 0.717) is 5.69 Å². The molecule has 0 saturated carbocycles. The van der Waals surface area contributed by atoms with E-state index in [4.69, 9.17) is 4.74 Å². The molecule has 0 bridgehead atoms. The molecule has 18 heteroatoms. The first-order valence-corrected chi connectivity index (χ1v) is 14.7. The number of carbonyl (C=O) groups excluding carboxylic acids is 4. The Balaban J connectivity index is 0.00000800. The van der Waals surface area contributed by atoms with E-state index in [0.717, 1.165) is 0 Å². The number of nitro groups is 1. The number of nitrogens with zero attached hydrogens (tertiary/aromatic N) is 6. The molecule has 1 saturated heterocycles. The minimum Gasteiger partial charge on any atom is -0.549 e. The number of nitro benzene ring substituents is 1. The van der Waals surface area contributed by atoms with E-state index in [1.807, 2.05) is 0 Å². The van der Waals surface area contributed by atoms with Crippen molar-refractivity contribution in [3.8, 4) is 5.75 Å². The Labute approximate surface area is 308 Å². The second kappa shape index (κ2) is 20.7. The van der Waals surface area contributed by atoms with Crippen molar-refractivity contribution in [1.29, 1.82) is 0 Å². The summed E-state index contributed by atoms with van der Waals surface area (Å²) in [6, 6.07) is 13.2. The number of hydrogen-bond acceptors (Lipinski definition) is 14. The fraction of sp³-hybridized carbons (Fsp3) is 0.433. The van der Waals surface area contributed by atoms with E-state index < -0.39 is 54.3 Å². The number of para-hydroxylation sites is 1. The minimum atomic E-state index is -1.33. The van der Waals surface area contributed by atoms with E-state index in [2.05, 4.69) is 0 Å². The van der Waals surface area contributed by atoms with E-state index in [-0.39, 0.29) is 117 Å². The van der Waals surface area contributed by atoms with Crippen LogP contribution >= 0.6 is 0 Å². The molecule has 1 aliphatic rings. The standard InChI is InChI=1S/C30H38N6O11.Gd/c37-26(35(23-4-2-1-3-5-23)22-30(44)47-25-8-6-24(7-9-25)36(45)46)18-31-10-12-32(19-27(38)39)14-16-34(21-29(42)43)17-15-33(13-11-31)20-28(40)41;/h1-9H,10-22H2,(H,38,39)(H,40,41)(H,42,43);/q;+3/p-2. The molecule has 0 unspecified atom stereocenters. The number of non-ortho nitro benzene ring substituents is 1. The van der Waals surface area contributed by atoms with Gasteiger partial charge in [0.2, 0.25) is 5.91 Å². The van der Waals surface area contributed by atoms with Crippen molar-refractivity contribution < 1.29 is 88.9 Å². The monoisotopic (exact) mass is 814 g/mol. The van der Waals surface area contributed by atoms with Gasteiger partial charge in [-0.05, 0) is 24.3 Å².